The average molecular weight is 326 g/mol. The normalized spacial score (nSPS) is 10.0. The number of hydrogen-bond donors (Lipinski definition) is 2. The van der Waals surface area contributed by atoms with Crippen molar-refractivity contribution in [3.63, 3.8) is 0 Å². The van der Waals surface area contributed by atoms with Crippen LogP contribution in [0.1, 0.15) is 0 Å². The summed E-state index contributed by atoms with van der Waals surface area (Å²) in [7, 11) is 0. The number of benzene rings is 2. The highest BCUT2D eigenvalue weighted by molar-refractivity contribution is 6.34. The van der Waals surface area contributed by atoms with E-state index in [1.807, 2.05) is 0 Å². The zero-order chi connectivity index (χ0) is 15.4. The van der Waals surface area contributed by atoms with Crippen LogP contribution in [0.15, 0.2) is 42.5 Å². The van der Waals surface area contributed by atoms with Gasteiger partial charge in [-0.1, -0.05) is 35.3 Å². The van der Waals surface area contributed by atoms with E-state index >= 15 is 0 Å². The fraction of sp³-hybridized carbons (Fsp3) is 0. The number of carbonyl (C=O) groups is 1. The SMILES string of the molecule is O=C(Nc1ccc(Cl)c([N+](=O)[O-])c1)Nc1ccccc1Cl. The highest BCUT2D eigenvalue weighted by Crippen LogP contribution is 2.27. The van der Waals surface area contributed by atoms with Crippen molar-refractivity contribution < 1.29 is 9.72 Å². The molecule has 0 atom stereocenters. The van der Waals surface area contributed by atoms with E-state index in [4.69, 9.17) is 23.2 Å². The van der Waals surface area contributed by atoms with Gasteiger partial charge in [-0.25, -0.2) is 4.79 Å². The summed E-state index contributed by atoms with van der Waals surface area (Å²) in [5, 5.41) is 16.2. The number of rotatable bonds is 3. The maximum atomic E-state index is 11.8. The summed E-state index contributed by atoms with van der Waals surface area (Å²) in [6.07, 6.45) is 0. The summed E-state index contributed by atoms with van der Waals surface area (Å²) in [6.45, 7) is 0. The van der Waals surface area contributed by atoms with Crippen LogP contribution in [0.25, 0.3) is 0 Å². The van der Waals surface area contributed by atoms with Crippen molar-refractivity contribution in [3.8, 4) is 0 Å². The first-order chi connectivity index (χ1) is 9.97. The summed E-state index contributed by atoms with van der Waals surface area (Å²) < 4.78 is 0. The van der Waals surface area contributed by atoms with Gasteiger partial charge in [-0.2, -0.15) is 0 Å². The summed E-state index contributed by atoms with van der Waals surface area (Å²) in [4.78, 5) is 22.0. The number of carbonyl (C=O) groups excluding carboxylic acids is 1. The number of urea groups is 1. The highest BCUT2D eigenvalue weighted by Gasteiger charge is 2.14. The van der Waals surface area contributed by atoms with Crippen molar-refractivity contribution in [1.82, 2.24) is 0 Å². The van der Waals surface area contributed by atoms with Gasteiger partial charge in [0.15, 0.2) is 0 Å². The van der Waals surface area contributed by atoms with Crippen molar-refractivity contribution in [1.29, 1.82) is 0 Å². The number of nitro benzene ring substituents is 1. The Hall–Kier alpha value is -2.31. The van der Waals surface area contributed by atoms with Gasteiger partial charge in [-0.05, 0) is 24.3 Å². The van der Waals surface area contributed by atoms with Crippen molar-refractivity contribution in [3.05, 3.63) is 62.6 Å². The number of nitro groups is 1. The van der Waals surface area contributed by atoms with Crippen LogP contribution in [0.4, 0.5) is 21.9 Å². The minimum atomic E-state index is -0.626. The second-order valence-electron chi connectivity index (χ2n) is 3.98. The molecule has 0 bridgehead atoms. The number of anilines is 2. The molecule has 0 aliphatic heterocycles. The number of halogens is 2. The standard InChI is InChI=1S/C13H9Cl2N3O3/c14-9-3-1-2-4-11(9)17-13(19)16-8-5-6-10(15)12(7-8)18(20)21/h1-7H,(H2,16,17,19). The van der Waals surface area contributed by atoms with Gasteiger partial charge in [-0.3, -0.25) is 10.1 Å². The fourth-order valence-corrected chi connectivity index (χ4v) is 1.95. The molecule has 21 heavy (non-hydrogen) atoms. The van der Waals surface area contributed by atoms with Gasteiger partial charge in [0.2, 0.25) is 0 Å². The predicted molar refractivity (Wildman–Crippen MR) is 82.2 cm³/mol. The van der Waals surface area contributed by atoms with Gasteiger partial charge < -0.3 is 10.6 Å². The Kier molecular flexibility index (Phi) is 4.62. The molecule has 2 aromatic carbocycles. The molecule has 2 aromatic rings. The zero-order valence-electron chi connectivity index (χ0n) is 10.5. The lowest BCUT2D eigenvalue weighted by atomic mass is 10.3. The quantitative estimate of drug-likeness (QED) is 0.641. The van der Waals surface area contributed by atoms with Crippen LogP contribution in [0, 0.1) is 10.1 Å². The van der Waals surface area contributed by atoms with Crippen LogP contribution in [0.3, 0.4) is 0 Å². The van der Waals surface area contributed by atoms with E-state index in [0.717, 1.165) is 0 Å². The third-order valence-electron chi connectivity index (χ3n) is 2.52. The van der Waals surface area contributed by atoms with Gasteiger partial charge in [0.25, 0.3) is 5.69 Å². The molecule has 0 saturated heterocycles. The average Bonchev–Trinajstić information content (AvgIpc) is 2.43. The van der Waals surface area contributed by atoms with E-state index in [-0.39, 0.29) is 16.4 Å². The molecule has 2 amide bonds. The van der Waals surface area contributed by atoms with E-state index < -0.39 is 11.0 Å². The Balaban J connectivity index is 2.12. The Morgan fingerprint density at radius 1 is 1.05 bits per heavy atom. The topological polar surface area (TPSA) is 84.3 Å². The molecule has 0 aliphatic rings. The lowest BCUT2D eigenvalue weighted by Crippen LogP contribution is -2.19. The first-order valence-corrected chi connectivity index (χ1v) is 6.49. The second kappa shape index (κ2) is 6.43. The third kappa shape index (κ3) is 3.84. The van der Waals surface area contributed by atoms with Crippen molar-refractivity contribution in [2.75, 3.05) is 10.6 Å². The Morgan fingerprint density at radius 2 is 1.76 bits per heavy atom. The number of nitrogens with one attached hydrogen (secondary N) is 2. The van der Waals surface area contributed by atoms with Crippen LogP contribution >= 0.6 is 23.2 Å². The van der Waals surface area contributed by atoms with E-state index in [2.05, 4.69) is 10.6 Å². The molecule has 0 saturated carbocycles. The Bertz CT molecular complexity index is 707. The van der Waals surface area contributed by atoms with E-state index in [1.165, 1.54) is 18.2 Å². The number of amides is 2. The van der Waals surface area contributed by atoms with Crippen LogP contribution in [-0.4, -0.2) is 11.0 Å². The summed E-state index contributed by atoms with van der Waals surface area (Å²) >= 11 is 11.6. The van der Waals surface area contributed by atoms with Gasteiger partial charge in [0.1, 0.15) is 5.02 Å². The highest BCUT2D eigenvalue weighted by atomic mass is 35.5. The molecule has 2 rings (SSSR count). The van der Waals surface area contributed by atoms with Gasteiger partial charge >= 0.3 is 6.03 Å². The fourth-order valence-electron chi connectivity index (χ4n) is 1.58. The number of hydrogen-bond acceptors (Lipinski definition) is 3. The monoisotopic (exact) mass is 325 g/mol. The molecular weight excluding hydrogens is 317 g/mol. The van der Waals surface area contributed by atoms with Gasteiger partial charge in [0, 0.05) is 11.8 Å². The summed E-state index contributed by atoms with van der Waals surface area (Å²) in [6, 6.07) is 10.1. The Labute approximate surface area is 129 Å². The van der Waals surface area contributed by atoms with Crippen LogP contribution in [0.5, 0.6) is 0 Å². The van der Waals surface area contributed by atoms with Gasteiger partial charge in [0.05, 0.1) is 15.6 Å². The second-order valence-corrected chi connectivity index (χ2v) is 4.80. The molecule has 2 N–H and O–H groups in total. The third-order valence-corrected chi connectivity index (χ3v) is 3.17. The van der Waals surface area contributed by atoms with Gasteiger partial charge in [-0.15, -0.1) is 0 Å². The minimum absolute atomic E-state index is 0.00272. The lowest BCUT2D eigenvalue weighted by Gasteiger charge is -2.09. The molecule has 108 valence electrons. The maximum Gasteiger partial charge on any atom is 0.323 e. The number of para-hydroxylation sites is 1. The first kappa shape index (κ1) is 15.1. The Morgan fingerprint density at radius 3 is 2.43 bits per heavy atom. The van der Waals surface area contributed by atoms with Crippen molar-refractivity contribution in [2.45, 2.75) is 0 Å². The molecule has 0 spiro atoms. The van der Waals surface area contributed by atoms with Crippen LogP contribution in [-0.2, 0) is 0 Å². The first-order valence-electron chi connectivity index (χ1n) is 5.74. The smallest absolute Gasteiger partial charge is 0.307 e. The minimum Gasteiger partial charge on any atom is -0.307 e. The summed E-state index contributed by atoms with van der Waals surface area (Å²) in [5.74, 6) is 0. The van der Waals surface area contributed by atoms with Crippen LogP contribution < -0.4 is 10.6 Å². The largest absolute Gasteiger partial charge is 0.323 e. The van der Waals surface area contributed by atoms with E-state index in [9.17, 15) is 14.9 Å². The molecule has 0 aliphatic carbocycles. The predicted octanol–water partition coefficient (Wildman–Crippen LogP) is 4.55. The molecular formula is C13H9Cl2N3O3. The molecule has 8 heteroatoms. The summed E-state index contributed by atoms with van der Waals surface area (Å²) in [5.41, 5.74) is 0.392. The molecule has 0 unspecified atom stereocenters. The van der Waals surface area contributed by atoms with E-state index in [1.54, 1.807) is 24.3 Å². The van der Waals surface area contributed by atoms with E-state index in [0.29, 0.717) is 10.7 Å². The lowest BCUT2D eigenvalue weighted by molar-refractivity contribution is -0.384. The maximum absolute atomic E-state index is 11.8. The number of nitrogens with zero attached hydrogens (tertiary/aromatic N) is 1. The molecule has 0 fully saturated rings. The molecule has 0 heterocycles. The molecule has 0 aromatic heterocycles. The van der Waals surface area contributed by atoms with Crippen molar-refractivity contribution >= 4 is 46.3 Å². The molecule has 6 nitrogen and oxygen atoms in total. The molecule has 0 radical (unpaired) electrons. The zero-order valence-corrected chi connectivity index (χ0v) is 12.0. The van der Waals surface area contributed by atoms with Crippen molar-refractivity contribution in [2.24, 2.45) is 0 Å². The van der Waals surface area contributed by atoms with Crippen LogP contribution in [0.2, 0.25) is 10.0 Å².